The zero-order chi connectivity index (χ0) is 17.1. The predicted molar refractivity (Wildman–Crippen MR) is 96.1 cm³/mol. The van der Waals surface area contributed by atoms with Crippen LogP contribution in [0, 0.1) is 5.92 Å². The van der Waals surface area contributed by atoms with Crippen molar-refractivity contribution < 1.29 is 4.79 Å². The van der Waals surface area contributed by atoms with Gasteiger partial charge in [-0.25, -0.2) is 4.98 Å². The number of nitrogens with zero attached hydrogens (tertiary/aromatic N) is 4. The first-order valence-corrected chi connectivity index (χ1v) is 9.47. The minimum absolute atomic E-state index is 0.258. The molecule has 2 aromatic heterocycles. The molecule has 1 atom stereocenters. The fourth-order valence-corrected chi connectivity index (χ4v) is 3.78. The zero-order valence-corrected chi connectivity index (χ0v) is 14.7. The molecular formula is C20H26N4O. The van der Waals surface area contributed by atoms with Gasteiger partial charge in [-0.2, -0.15) is 0 Å². The molecule has 5 heteroatoms. The highest BCUT2D eigenvalue weighted by Crippen LogP contribution is 2.33. The topological polar surface area (TPSA) is 51.0 Å². The summed E-state index contributed by atoms with van der Waals surface area (Å²) < 4.78 is 2.33. The first-order chi connectivity index (χ1) is 12.3. The van der Waals surface area contributed by atoms with E-state index >= 15 is 0 Å². The molecule has 1 saturated heterocycles. The van der Waals surface area contributed by atoms with Gasteiger partial charge in [-0.3, -0.25) is 9.78 Å². The highest BCUT2D eigenvalue weighted by molar-refractivity contribution is 5.76. The normalized spacial score (nSPS) is 20.6. The van der Waals surface area contributed by atoms with Crippen LogP contribution in [0.1, 0.15) is 49.4 Å². The third-order valence-electron chi connectivity index (χ3n) is 5.39. The Morgan fingerprint density at radius 3 is 2.96 bits per heavy atom. The van der Waals surface area contributed by atoms with Gasteiger partial charge in [0.15, 0.2) is 0 Å². The van der Waals surface area contributed by atoms with Crippen molar-refractivity contribution in [2.24, 2.45) is 5.92 Å². The maximum absolute atomic E-state index is 12.6. The number of rotatable bonds is 6. The number of amides is 1. The molecule has 0 bridgehead atoms. The molecule has 2 aromatic rings. The third kappa shape index (κ3) is 4.09. The maximum atomic E-state index is 12.6. The monoisotopic (exact) mass is 338 g/mol. The van der Waals surface area contributed by atoms with Crippen molar-refractivity contribution in [1.29, 1.82) is 0 Å². The fraction of sp³-hybridized carbons (Fsp3) is 0.550. The Balaban J connectivity index is 1.35. The van der Waals surface area contributed by atoms with Crippen molar-refractivity contribution in [3.63, 3.8) is 0 Å². The number of hydrogen-bond donors (Lipinski definition) is 0. The molecule has 0 N–H and O–H groups in total. The van der Waals surface area contributed by atoms with Crippen molar-refractivity contribution >= 4 is 5.91 Å². The maximum Gasteiger partial charge on any atom is 0.222 e. The molecule has 0 spiro atoms. The molecule has 1 saturated carbocycles. The van der Waals surface area contributed by atoms with Crippen molar-refractivity contribution in [2.75, 3.05) is 13.1 Å². The van der Waals surface area contributed by atoms with E-state index in [1.165, 1.54) is 18.7 Å². The molecule has 1 amide bonds. The number of imidazole rings is 1. The van der Waals surface area contributed by atoms with Gasteiger partial charge in [0.25, 0.3) is 0 Å². The molecule has 1 aliphatic heterocycles. The number of carbonyl (C=O) groups excluding carboxylic acids is 1. The molecule has 0 radical (unpaired) electrons. The summed E-state index contributed by atoms with van der Waals surface area (Å²) >= 11 is 0. The van der Waals surface area contributed by atoms with E-state index < -0.39 is 0 Å². The third-order valence-corrected chi connectivity index (χ3v) is 5.39. The van der Waals surface area contributed by atoms with E-state index in [1.807, 2.05) is 29.4 Å². The van der Waals surface area contributed by atoms with Crippen LogP contribution in [0.15, 0.2) is 36.9 Å². The second-order valence-corrected chi connectivity index (χ2v) is 7.42. The van der Waals surface area contributed by atoms with Crippen LogP contribution in [-0.4, -0.2) is 38.4 Å². The number of pyridine rings is 1. The molecule has 1 aliphatic carbocycles. The molecule has 132 valence electrons. The van der Waals surface area contributed by atoms with Crippen LogP contribution in [0.3, 0.4) is 0 Å². The zero-order valence-electron chi connectivity index (χ0n) is 14.7. The summed E-state index contributed by atoms with van der Waals surface area (Å²) in [5.74, 6) is 2.66. The van der Waals surface area contributed by atoms with E-state index in [0.29, 0.717) is 12.3 Å². The van der Waals surface area contributed by atoms with Crippen LogP contribution in [-0.2, 0) is 17.8 Å². The van der Waals surface area contributed by atoms with E-state index in [1.54, 1.807) is 6.20 Å². The fourth-order valence-electron chi connectivity index (χ4n) is 3.78. The van der Waals surface area contributed by atoms with E-state index in [9.17, 15) is 4.79 Å². The Kier molecular flexibility index (Phi) is 4.81. The van der Waals surface area contributed by atoms with Gasteiger partial charge in [-0.1, -0.05) is 6.07 Å². The lowest BCUT2D eigenvalue weighted by atomic mass is 9.96. The molecule has 0 unspecified atom stereocenters. The number of likely N-dealkylation sites (tertiary alicyclic amines) is 1. The lowest BCUT2D eigenvalue weighted by Crippen LogP contribution is -2.39. The summed E-state index contributed by atoms with van der Waals surface area (Å²) in [5, 5.41) is 0. The van der Waals surface area contributed by atoms with Gasteiger partial charge in [0, 0.05) is 56.8 Å². The van der Waals surface area contributed by atoms with Crippen molar-refractivity contribution in [3.8, 4) is 0 Å². The van der Waals surface area contributed by atoms with Gasteiger partial charge in [0.1, 0.15) is 5.82 Å². The van der Waals surface area contributed by atoms with E-state index in [-0.39, 0.29) is 5.91 Å². The summed E-state index contributed by atoms with van der Waals surface area (Å²) in [6.45, 7) is 2.79. The highest BCUT2D eigenvalue weighted by atomic mass is 16.2. The molecular weight excluding hydrogens is 312 g/mol. The van der Waals surface area contributed by atoms with Crippen LogP contribution in [0.25, 0.3) is 0 Å². The van der Waals surface area contributed by atoms with Crippen LogP contribution < -0.4 is 0 Å². The second-order valence-electron chi connectivity index (χ2n) is 7.42. The van der Waals surface area contributed by atoms with Gasteiger partial charge in [-0.05, 0) is 49.7 Å². The summed E-state index contributed by atoms with van der Waals surface area (Å²) in [6, 6.07) is 3.96. The molecule has 0 aromatic carbocycles. The summed E-state index contributed by atoms with van der Waals surface area (Å²) in [4.78, 5) is 23.4. The van der Waals surface area contributed by atoms with Crippen LogP contribution >= 0.6 is 0 Å². The van der Waals surface area contributed by atoms with Crippen LogP contribution in [0.5, 0.6) is 0 Å². The predicted octanol–water partition coefficient (Wildman–Crippen LogP) is 3.03. The molecule has 25 heavy (non-hydrogen) atoms. The Morgan fingerprint density at radius 1 is 1.24 bits per heavy atom. The molecule has 2 aliphatic rings. The van der Waals surface area contributed by atoms with Gasteiger partial charge < -0.3 is 9.47 Å². The number of aryl methyl sites for hydroxylation is 1. The van der Waals surface area contributed by atoms with Crippen molar-refractivity contribution in [3.05, 3.63) is 48.3 Å². The van der Waals surface area contributed by atoms with Gasteiger partial charge in [-0.15, -0.1) is 0 Å². The van der Waals surface area contributed by atoms with E-state index in [4.69, 9.17) is 0 Å². The largest absolute Gasteiger partial charge is 0.342 e. The Labute approximate surface area is 149 Å². The Hall–Kier alpha value is -2.17. The smallest absolute Gasteiger partial charge is 0.222 e. The van der Waals surface area contributed by atoms with E-state index in [2.05, 4.69) is 20.7 Å². The second kappa shape index (κ2) is 7.38. The van der Waals surface area contributed by atoms with Crippen molar-refractivity contribution in [2.45, 2.75) is 51.0 Å². The summed E-state index contributed by atoms with van der Waals surface area (Å²) in [5.41, 5.74) is 1.13. The van der Waals surface area contributed by atoms with E-state index in [0.717, 1.165) is 50.4 Å². The SMILES string of the molecule is O=C(CCc1cccnc1)N1CCC[C@H](c2nccn2CC2CC2)C1. The minimum atomic E-state index is 0.258. The molecule has 5 nitrogen and oxygen atoms in total. The van der Waals surface area contributed by atoms with Crippen molar-refractivity contribution in [1.82, 2.24) is 19.4 Å². The average Bonchev–Trinajstić information content (AvgIpc) is 3.35. The van der Waals surface area contributed by atoms with Crippen LogP contribution in [0.2, 0.25) is 0 Å². The number of hydrogen-bond acceptors (Lipinski definition) is 3. The quantitative estimate of drug-likeness (QED) is 0.813. The first kappa shape index (κ1) is 16.3. The summed E-state index contributed by atoms with van der Waals surface area (Å²) in [6.07, 6.45) is 13.9. The Bertz CT molecular complexity index is 707. The van der Waals surface area contributed by atoms with Gasteiger partial charge in [0.2, 0.25) is 5.91 Å². The van der Waals surface area contributed by atoms with Gasteiger partial charge >= 0.3 is 0 Å². The standard InChI is InChI=1S/C20H26N4O/c25-19(8-7-16-3-1-9-21-13-16)23-11-2-4-18(15-23)20-22-10-12-24(20)14-17-5-6-17/h1,3,9-10,12-13,17-18H,2,4-8,11,14-15H2/t18-/m0/s1. The van der Waals surface area contributed by atoms with Crippen LogP contribution in [0.4, 0.5) is 0 Å². The molecule has 3 heterocycles. The number of aromatic nitrogens is 3. The average molecular weight is 338 g/mol. The number of carbonyl (C=O) groups is 1. The number of piperidine rings is 1. The minimum Gasteiger partial charge on any atom is -0.342 e. The highest BCUT2D eigenvalue weighted by Gasteiger charge is 2.29. The lowest BCUT2D eigenvalue weighted by molar-refractivity contribution is -0.132. The lowest BCUT2D eigenvalue weighted by Gasteiger charge is -2.33. The summed E-state index contributed by atoms with van der Waals surface area (Å²) in [7, 11) is 0. The molecule has 2 fully saturated rings. The Morgan fingerprint density at radius 2 is 2.16 bits per heavy atom. The van der Waals surface area contributed by atoms with Gasteiger partial charge in [0.05, 0.1) is 0 Å². The first-order valence-electron chi connectivity index (χ1n) is 9.47. The molecule has 4 rings (SSSR count).